The number of benzene rings is 1. The summed E-state index contributed by atoms with van der Waals surface area (Å²) < 4.78 is 14.6. The van der Waals surface area contributed by atoms with E-state index in [4.69, 9.17) is 11.6 Å². The van der Waals surface area contributed by atoms with E-state index in [1.807, 2.05) is 12.1 Å². The number of hydrogen-bond acceptors (Lipinski definition) is 2. The van der Waals surface area contributed by atoms with E-state index in [2.05, 4.69) is 15.9 Å². The molecule has 2 rings (SSSR count). The fraction of sp³-hybridized carbons (Fsp3) is 0.167. The fourth-order valence-corrected chi connectivity index (χ4v) is 3.21. The molecular weight excluding hydrogens is 327 g/mol. The minimum Gasteiger partial charge on any atom is -0.388 e. The van der Waals surface area contributed by atoms with Crippen LogP contribution in [0.25, 0.3) is 0 Å². The van der Waals surface area contributed by atoms with E-state index < -0.39 is 11.9 Å². The van der Waals surface area contributed by atoms with Crippen LogP contribution in [0.3, 0.4) is 0 Å². The van der Waals surface area contributed by atoms with Crippen LogP contribution in [-0.2, 0) is 6.42 Å². The topological polar surface area (TPSA) is 20.2 Å². The van der Waals surface area contributed by atoms with E-state index in [1.54, 1.807) is 6.07 Å². The summed E-state index contributed by atoms with van der Waals surface area (Å²) in [5, 5.41) is 10.3. The zero-order valence-corrected chi connectivity index (χ0v) is 11.8. The van der Waals surface area contributed by atoms with Crippen molar-refractivity contribution in [2.45, 2.75) is 12.5 Å². The van der Waals surface area contributed by atoms with Crippen LogP contribution in [0.5, 0.6) is 0 Å². The van der Waals surface area contributed by atoms with Crippen LogP contribution < -0.4 is 0 Å². The van der Waals surface area contributed by atoms with Crippen molar-refractivity contribution in [1.82, 2.24) is 0 Å². The minimum absolute atomic E-state index is 0.277. The van der Waals surface area contributed by atoms with Gasteiger partial charge in [0.2, 0.25) is 0 Å². The van der Waals surface area contributed by atoms with Crippen molar-refractivity contribution < 1.29 is 9.50 Å². The van der Waals surface area contributed by atoms with Gasteiger partial charge in [-0.15, -0.1) is 11.3 Å². The summed E-state index contributed by atoms with van der Waals surface area (Å²) >= 11 is 10.5. The predicted molar refractivity (Wildman–Crippen MR) is 72.1 cm³/mol. The number of aliphatic hydroxyl groups is 1. The van der Waals surface area contributed by atoms with Crippen LogP contribution in [0.1, 0.15) is 16.5 Å². The second kappa shape index (κ2) is 5.48. The van der Waals surface area contributed by atoms with Gasteiger partial charge >= 0.3 is 0 Å². The Kier molecular flexibility index (Phi) is 4.20. The zero-order chi connectivity index (χ0) is 12.4. The molecule has 1 atom stereocenters. The summed E-state index contributed by atoms with van der Waals surface area (Å²) in [5.41, 5.74) is 0.277. The number of aliphatic hydroxyl groups excluding tert-OH is 1. The average Bonchev–Trinajstić information content (AvgIpc) is 2.63. The first-order valence-corrected chi connectivity index (χ1v) is 6.92. The fourth-order valence-electron chi connectivity index (χ4n) is 1.53. The Hall–Kier alpha value is -0.420. The Bertz CT molecular complexity index is 529. The normalized spacial score (nSPS) is 12.7. The minimum atomic E-state index is -0.849. The lowest BCUT2D eigenvalue weighted by molar-refractivity contribution is 0.174. The molecule has 1 N–H and O–H groups in total. The van der Waals surface area contributed by atoms with Crippen LogP contribution in [-0.4, -0.2) is 5.11 Å². The maximum absolute atomic E-state index is 13.6. The third kappa shape index (κ3) is 3.28. The summed E-state index contributed by atoms with van der Waals surface area (Å²) in [5.74, 6) is -0.472. The lowest BCUT2D eigenvalue weighted by Crippen LogP contribution is -2.03. The Morgan fingerprint density at radius 1 is 1.35 bits per heavy atom. The molecule has 0 aliphatic rings. The van der Waals surface area contributed by atoms with Gasteiger partial charge in [-0.3, -0.25) is 0 Å². The van der Waals surface area contributed by atoms with Crippen molar-refractivity contribution in [1.29, 1.82) is 0 Å². The molecule has 0 fully saturated rings. The zero-order valence-electron chi connectivity index (χ0n) is 8.66. The molecule has 0 aliphatic heterocycles. The third-order valence-corrected chi connectivity index (χ3v) is 4.23. The second-order valence-electron chi connectivity index (χ2n) is 3.59. The van der Waals surface area contributed by atoms with Gasteiger partial charge in [0.25, 0.3) is 0 Å². The molecule has 0 spiro atoms. The Labute approximate surface area is 116 Å². The molecule has 90 valence electrons. The van der Waals surface area contributed by atoms with Crippen molar-refractivity contribution >= 4 is 38.9 Å². The summed E-state index contributed by atoms with van der Waals surface area (Å²) in [7, 11) is 0. The number of thiophene rings is 1. The quantitative estimate of drug-likeness (QED) is 0.870. The van der Waals surface area contributed by atoms with E-state index in [-0.39, 0.29) is 5.56 Å². The molecule has 0 saturated heterocycles. The molecule has 1 aromatic carbocycles. The van der Waals surface area contributed by atoms with Gasteiger partial charge in [-0.1, -0.05) is 17.7 Å². The molecule has 1 aromatic heterocycles. The Balaban J connectivity index is 2.17. The number of rotatable bonds is 3. The Morgan fingerprint density at radius 2 is 2.12 bits per heavy atom. The standard InChI is InChI=1S/C12H9BrClFOS/c13-12-4-2-8(17-12)6-11(16)9-3-1-7(14)5-10(9)15/h1-5,11,16H,6H2. The number of hydrogen-bond donors (Lipinski definition) is 1. The molecule has 17 heavy (non-hydrogen) atoms. The van der Waals surface area contributed by atoms with Crippen molar-refractivity contribution in [2.75, 3.05) is 0 Å². The van der Waals surface area contributed by atoms with Gasteiger partial charge in [0.05, 0.1) is 9.89 Å². The highest BCUT2D eigenvalue weighted by molar-refractivity contribution is 9.11. The molecule has 0 radical (unpaired) electrons. The van der Waals surface area contributed by atoms with Crippen LogP contribution in [0.2, 0.25) is 5.02 Å². The SMILES string of the molecule is OC(Cc1ccc(Br)s1)c1ccc(Cl)cc1F. The van der Waals surface area contributed by atoms with Gasteiger partial charge in [-0.05, 0) is 40.2 Å². The van der Waals surface area contributed by atoms with Gasteiger partial charge in [0.15, 0.2) is 0 Å². The number of halogens is 3. The lowest BCUT2D eigenvalue weighted by atomic mass is 10.1. The molecule has 1 nitrogen and oxygen atoms in total. The molecule has 0 saturated carbocycles. The summed E-state index contributed by atoms with van der Waals surface area (Å²) in [6, 6.07) is 8.12. The van der Waals surface area contributed by atoms with Crippen molar-refractivity contribution in [3.8, 4) is 0 Å². The third-order valence-electron chi connectivity index (χ3n) is 2.34. The smallest absolute Gasteiger partial charge is 0.130 e. The van der Waals surface area contributed by atoms with Crippen LogP contribution >= 0.6 is 38.9 Å². The molecule has 0 bridgehead atoms. The van der Waals surface area contributed by atoms with Crippen molar-refractivity contribution in [2.24, 2.45) is 0 Å². The van der Waals surface area contributed by atoms with Crippen LogP contribution in [0.15, 0.2) is 34.1 Å². The van der Waals surface area contributed by atoms with Gasteiger partial charge in [0.1, 0.15) is 5.82 Å². The van der Waals surface area contributed by atoms with Crippen molar-refractivity contribution in [3.63, 3.8) is 0 Å². The van der Waals surface area contributed by atoms with Gasteiger partial charge in [-0.25, -0.2) is 4.39 Å². The molecule has 1 heterocycles. The maximum atomic E-state index is 13.6. The lowest BCUT2D eigenvalue weighted by Gasteiger charge is -2.10. The van der Waals surface area contributed by atoms with Crippen molar-refractivity contribution in [3.05, 3.63) is 55.4 Å². The van der Waals surface area contributed by atoms with Gasteiger partial charge in [-0.2, -0.15) is 0 Å². The summed E-state index contributed by atoms with van der Waals surface area (Å²) in [6.07, 6.45) is -0.452. The Morgan fingerprint density at radius 3 is 2.71 bits per heavy atom. The predicted octanol–water partition coefficient (Wildman–Crippen LogP) is 4.58. The molecule has 0 amide bonds. The average molecular weight is 336 g/mol. The highest BCUT2D eigenvalue weighted by Gasteiger charge is 2.14. The molecule has 5 heteroatoms. The first-order valence-electron chi connectivity index (χ1n) is 4.93. The highest BCUT2D eigenvalue weighted by Crippen LogP contribution is 2.28. The molecule has 1 unspecified atom stereocenters. The largest absolute Gasteiger partial charge is 0.388 e. The highest BCUT2D eigenvalue weighted by atomic mass is 79.9. The second-order valence-corrected chi connectivity index (χ2v) is 6.58. The first kappa shape index (κ1) is 13.0. The van der Waals surface area contributed by atoms with Gasteiger partial charge < -0.3 is 5.11 Å². The molecule has 2 aromatic rings. The maximum Gasteiger partial charge on any atom is 0.130 e. The first-order chi connectivity index (χ1) is 8.06. The monoisotopic (exact) mass is 334 g/mol. The van der Waals surface area contributed by atoms with E-state index in [0.717, 1.165) is 8.66 Å². The van der Waals surface area contributed by atoms with E-state index in [0.29, 0.717) is 11.4 Å². The summed E-state index contributed by atoms with van der Waals surface area (Å²) in [6.45, 7) is 0. The van der Waals surface area contributed by atoms with E-state index in [1.165, 1.54) is 23.5 Å². The molecule has 0 aliphatic carbocycles. The van der Waals surface area contributed by atoms with E-state index in [9.17, 15) is 9.50 Å². The van der Waals surface area contributed by atoms with Gasteiger partial charge in [0, 0.05) is 21.9 Å². The molecular formula is C12H9BrClFOS. The van der Waals surface area contributed by atoms with Crippen LogP contribution in [0.4, 0.5) is 4.39 Å². The summed E-state index contributed by atoms with van der Waals surface area (Å²) in [4.78, 5) is 0.999. The van der Waals surface area contributed by atoms with Crippen LogP contribution in [0, 0.1) is 5.82 Å². The van der Waals surface area contributed by atoms with E-state index >= 15 is 0 Å².